The summed E-state index contributed by atoms with van der Waals surface area (Å²) in [6.07, 6.45) is 4.36. The van der Waals surface area contributed by atoms with Crippen LogP contribution in [0, 0.1) is 5.82 Å². The number of anilines is 1. The molecule has 1 aliphatic heterocycles. The van der Waals surface area contributed by atoms with Gasteiger partial charge in [-0.05, 0) is 42.7 Å². The maximum absolute atomic E-state index is 13.9. The first kappa shape index (κ1) is 23.3. The van der Waals surface area contributed by atoms with E-state index in [9.17, 15) is 19.4 Å². The van der Waals surface area contributed by atoms with Crippen molar-refractivity contribution in [3.63, 3.8) is 0 Å². The lowest BCUT2D eigenvalue weighted by molar-refractivity contribution is -0.0213. The minimum atomic E-state index is -0.756. The first-order chi connectivity index (χ1) is 16.0. The van der Waals surface area contributed by atoms with Crippen molar-refractivity contribution < 1.29 is 19.3 Å². The molecule has 1 saturated heterocycles. The summed E-state index contributed by atoms with van der Waals surface area (Å²) in [6, 6.07) is 8.32. The minimum Gasteiger partial charge on any atom is -0.394 e. The van der Waals surface area contributed by atoms with Crippen LogP contribution >= 0.6 is 11.6 Å². The molecular formula is C23H24ClFN4O4. The van der Waals surface area contributed by atoms with Gasteiger partial charge in [-0.1, -0.05) is 17.7 Å². The van der Waals surface area contributed by atoms with Crippen LogP contribution < -0.4 is 10.9 Å². The largest absolute Gasteiger partial charge is 0.394 e. The number of ether oxygens (including phenoxy) is 1. The number of rotatable bonds is 7. The first-order valence-electron chi connectivity index (χ1n) is 10.6. The van der Waals surface area contributed by atoms with Crippen LogP contribution in [0.3, 0.4) is 0 Å². The summed E-state index contributed by atoms with van der Waals surface area (Å²) in [5.41, 5.74) is 1.20. The molecule has 174 valence electrons. The van der Waals surface area contributed by atoms with Gasteiger partial charge in [0, 0.05) is 36.7 Å². The Balaban J connectivity index is 1.56. The van der Waals surface area contributed by atoms with Gasteiger partial charge in [0.2, 0.25) is 5.95 Å². The van der Waals surface area contributed by atoms with Crippen molar-refractivity contribution in [2.24, 2.45) is 0 Å². The first-order valence-corrected chi connectivity index (χ1v) is 11.0. The summed E-state index contributed by atoms with van der Waals surface area (Å²) in [6.45, 7) is 0.124. The third-order valence-corrected chi connectivity index (χ3v) is 5.95. The molecule has 0 spiro atoms. The summed E-state index contributed by atoms with van der Waals surface area (Å²) in [7, 11) is 0. The van der Waals surface area contributed by atoms with Crippen LogP contribution in [-0.2, 0) is 4.74 Å². The third-order valence-electron chi connectivity index (χ3n) is 5.64. The highest BCUT2D eigenvalue weighted by Gasteiger charge is 2.22. The average molecular weight is 475 g/mol. The number of nitrogens with one attached hydrogen (secondary N) is 1. The summed E-state index contributed by atoms with van der Waals surface area (Å²) in [4.78, 5) is 21.6. The fraction of sp³-hybridized carbons (Fsp3) is 0.348. The van der Waals surface area contributed by atoms with Gasteiger partial charge in [-0.15, -0.1) is 0 Å². The molecule has 0 amide bonds. The predicted octanol–water partition coefficient (Wildman–Crippen LogP) is 2.63. The van der Waals surface area contributed by atoms with Gasteiger partial charge >= 0.3 is 0 Å². The molecule has 3 aromatic rings. The molecule has 8 nitrogen and oxygen atoms in total. The smallest absolute Gasteiger partial charge is 0.251 e. The quantitative estimate of drug-likeness (QED) is 0.483. The monoisotopic (exact) mass is 474 g/mol. The van der Waals surface area contributed by atoms with Gasteiger partial charge in [0.05, 0.1) is 36.1 Å². The number of aliphatic hydroxyl groups is 2. The number of hydrogen-bond acceptors (Lipinski definition) is 7. The Morgan fingerprint density at radius 2 is 2.12 bits per heavy atom. The Morgan fingerprint density at radius 1 is 1.27 bits per heavy atom. The third kappa shape index (κ3) is 5.39. The fourth-order valence-corrected chi connectivity index (χ4v) is 4.01. The van der Waals surface area contributed by atoms with Gasteiger partial charge in [0.25, 0.3) is 5.56 Å². The molecule has 3 heterocycles. The highest BCUT2D eigenvalue weighted by molar-refractivity contribution is 6.30. The molecule has 1 fully saturated rings. The fourth-order valence-electron chi connectivity index (χ4n) is 3.89. The van der Waals surface area contributed by atoms with Crippen LogP contribution in [0.4, 0.5) is 10.3 Å². The van der Waals surface area contributed by atoms with Crippen molar-refractivity contribution in [2.45, 2.75) is 31.0 Å². The second kappa shape index (κ2) is 10.4. The van der Waals surface area contributed by atoms with Crippen molar-refractivity contribution in [1.82, 2.24) is 14.5 Å². The van der Waals surface area contributed by atoms with Gasteiger partial charge in [0.1, 0.15) is 5.82 Å². The van der Waals surface area contributed by atoms with Crippen LogP contribution in [0.15, 0.2) is 53.6 Å². The van der Waals surface area contributed by atoms with Crippen LogP contribution in [0.1, 0.15) is 24.4 Å². The van der Waals surface area contributed by atoms with Crippen molar-refractivity contribution in [2.75, 3.05) is 25.1 Å². The Morgan fingerprint density at radius 3 is 2.85 bits per heavy atom. The maximum atomic E-state index is 13.9. The SMILES string of the molecule is O=c1cc(-c2ccnc(N[C@@H]3CCO[C@H](CO)C3)n2)ccn1C(CO)c1ccc(Cl)c(F)c1. The normalized spacial score (nSPS) is 19.3. The van der Waals surface area contributed by atoms with E-state index < -0.39 is 11.9 Å². The summed E-state index contributed by atoms with van der Waals surface area (Å²) in [5, 5.41) is 22.4. The Bertz CT molecular complexity index is 1180. The van der Waals surface area contributed by atoms with Crippen molar-refractivity contribution in [3.8, 4) is 11.3 Å². The summed E-state index contributed by atoms with van der Waals surface area (Å²) < 4.78 is 20.7. The zero-order valence-electron chi connectivity index (χ0n) is 17.7. The molecule has 3 N–H and O–H groups in total. The molecule has 4 rings (SSSR count). The van der Waals surface area contributed by atoms with Crippen LogP contribution in [0.2, 0.25) is 5.02 Å². The molecular weight excluding hydrogens is 451 g/mol. The van der Waals surface area contributed by atoms with Crippen molar-refractivity contribution in [1.29, 1.82) is 0 Å². The molecule has 0 saturated carbocycles. The summed E-state index contributed by atoms with van der Waals surface area (Å²) >= 11 is 5.74. The molecule has 1 aromatic carbocycles. The molecule has 1 unspecified atom stereocenters. The average Bonchev–Trinajstić information content (AvgIpc) is 2.83. The lowest BCUT2D eigenvalue weighted by atomic mass is 10.0. The van der Waals surface area contributed by atoms with Gasteiger partial charge in [-0.3, -0.25) is 4.79 Å². The van der Waals surface area contributed by atoms with Gasteiger partial charge in [-0.2, -0.15) is 0 Å². The number of nitrogens with zero attached hydrogens (tertiary/aromatic N) is 3. The van der Waals surface area contributed by atoms with Gasteiger partial charge in [-0.25, -0.2) is 14.4 Å². The Kier molecular flexibility index (Phi) is 7.34. The molecule has 3 atom stereocenters. The minimum absolute atomic E-state index is 0.0288. The van der Waals surface area contributed by atoms with E-state index in [0.717, 1.165) is 6.42 Å². The molecule has 1 aliphatic rings. The number of hydrogen-bond donors (Lipinski definition) is 3. The number of aliphatic hydroxyl groups excluding tert-OH is 2. The van der Waals surface area contributed by atoms with E-state index in [1.54, 1.807) is 30.6 Å². The van der Waals surface area contributed by atoms with E-state index in [1.165, 1.54) is 22.8 Å². The standard InChI is InChI=1S/C23H24ClFN4O4/c24-18-2-1-15(9-19(18)25)21(13-31)29-7-4-14(10-22(29)32)20-3-6-26-23(28-20)27-16-5-8-33-17(11-16)12-30/h1-4,6-7,9-10,16-17,21,30-31H,5,8,11-13H2,(H,26,27,28)/t16-,17+,21?/m1/s1. The van der Waals surface area contributed by atoms with Gasteiger partial charge in [0.15, 0.2) is 0 Å². The summed E-state index contributed by atoms with van der Waals surface area (Å²) in [5.74, 6) is -0.196. The molecule has 0 radical (unpaired) electrons. The topological polar surface area (TPSA) is 110 Å². The van der Waals surface area contributed by atoms with E-state index in [1.807, 2.05) is 0 Å². The highest BCUT2D eigenvalue weighted by Crippen LogP contribution is 2.24. The van der Waals surface area contributed by atoms with Crippen LogP contribution in [-0.4, -0.2) is 56.7 Å². The second-order valence-corrected chi connectivity index (χ2v) is 8.25. The van der Waals surface area contributed by atoms with Crippen molar-refractivity contribution >= 4 is 17.5 Å². The van der Waals surface area contributed by atoms with E-state index >= 15 is 0 Å². The zero-order chi connectivity index (χ0) is 23.4. The van der Waals surface area contributed by atoms with Crippen LogP contribution in [0.5, 0.6) is 0 Å². The number of aromatic nitrogens is 3. The zero-order valence-corrected chi connectivity index (χ0v) is 18.5. The van der Waals surface area contributed by atoms with E-state index in [0.29, 0.717) is 35.8 Å². The van der Waals surface area contributed by atoms with Crippen LogP contribution in [0.25, 0.3) is 11.3 Å². The molecule has 0 bridgehead atoms. The predicted molar refractivity (Wildman–Crippen MR) is 122 cm³/mol. The highest BCUT2D eigenvalue weighted by atomic mass is 35.5. The second-order valence-electron chi connectivity index (χ2n) is 7.84. The Hall–Kier alpha value is -2.85. The molecule has 0 aliphatic carbocycles. The van der Waals surface area contributed by atoms with E-state index in [-0.39, 0.29) is 35.9 Å². The molecule has 33 heavy (non-hydrogen) atoms. The lowest BCUT2D eigenvalue weighted by Gasteiger charge is -2.29. The number of benzene rings is 1. The number of pyridine rings is 1. The molecule has 10 heteroatoms. The molecule has 2 aromatic heterocycles. The van der Waals surface area contributed by atoms with Gasteiger partial charge < -0.3 is 24.8 Å². The van der Waals surface area contributed by atoms with Crippen molar-refractivity contribution in [3.05, 3.63) is 75.5 Å². The van der Waals surface area contributed by atoms with E-state index in [2.05, 4.69) is 15.3 Å². The lowest BCUT2D eigenvalue weighted by Crippen LogP contribution is -2.36. The number of halogens is 2. The van der Waals surface area contributed by atoms with E-state index in [4.69, 9.17) is 16.3 Å². The Labute approximate surface area is 194 Å². The maximum Gasteiger partial charge on any atom is 0.251 e.